The first-order valence-electron chi connectivity index (χ1n) is 11.0. The Morgan fingerprint density at radius 3 is 2.28 bits per heavy atom. The molecule has 0 radical (unpaired) electrons. The Morgan fingerprint density at radius 1 is 1.03 bits per heavy atom. The van der Waals surface area contributed by atoms with E-state index < -0.39 is 16.7 Å². The van der Waals surface area contributed by atoms with Crippen LogP contribution in [0.15, 0.2) is 78.4 Å². The van der Waals surface area contributed by atoms with Gasteiger partial charge in [-0.3, -0.25) is 0 Å². The number of benzene rings is 3. The molecule has 0 saturated heterocycles. The summed E-state index contributed by atoms with van der Waals surface area (Å²) in [4.78, 5) is 11.0. The fraction of sp³-hybridized carbons (Fsp3) is 0.148. The van der Waals surface area contributed by atoms with E-state index in [9.17, 15) is 15.2 Å². The zero-order valence-electron chi connectivity index (χ0n) is 20.3. The van der Waals surface area contributed by atoms with Crippen molar-refractivity contribution in [3.8, 4) is 5.75 Å². The van der Waals surface area contributed by atoms with Gasteiger partial charge in [0.1, 0.15) is 17.3 Å². The number of carbonyl (C=O) groups is 1. The average molecular weight is 512 g/mol. The molecule has 0 aliphatic heterocycles. The van der Waals surface area contributed by atoms with Gasteiger partial charge in [0.15, 0.2) is 0 Å². The van der Waals surface area contributed by atoms with E-state index in [4.69, 9.17) is 9.84 Å². The molecule has 0 bridgehead atoms. The second-order valence-corrected chi connectivity index (χ2v) is 9.10. The number of carboxylic acid groups (broad SMARTS) is 1. The summed E-state index contributed by atoms with van der Waals surface area (Å²) in [5.41, 5.74) is 4.68. The van der Waals surface area contributed by atoms with Gasteiger partial charge in [0, 0.05) is 27.5 Å². The molecular formula is C27H28FN2O5S+. The van der Waals surface area contributed by atoms with Crippen LogP contribution in [0.3, 0.4) is 0 Å². The van der Waals surface area contributed by atoms with E-state index >= 15 is 4.39 Å². The van der Waals surface area contributed by atoms with Gasteiger partial charge in [-0.1, -0.05) is 53.7 Å². The summed E-state index contributed by atoms with van der Waals surface area (Å²) in [5, 5.41) is 30.4. The summed E-state index contributed by atoms with van der Waals surface area (Å²) in [6, 6.07) is 17.5. The molecule has 0 saturated carbocycles. The Hall–Kier alpha value is -3.63. The van der Waals surface area contributed by atoms with Crippen molar-refractivity contribution in [2.75, 3.05) is 12.5 Å². The SMILES string of the molecule is C/C=C(\SC(=C(C)C)c1ccccc1)c1ccc([N+](O)(O)Nc2ccc(C(=O)O)cc2OC)cc1F. The Morgan fingerprint density at radius 2 is 1.72 bits per heavy atom. The topological polar surface area (TPSA) is 99.0 Å². The molecule has 0 atom stereocenters. The highest BCUT2D eigenvalue weighted by Crippen LogP contribution is 2.42. The van der Waals surface area contributed by atoms with E-state index in [0.717, 1.165) is 22.1 Å². The molecule has 0 aliphatic rings. The number of hydrogen-bond donors (Lipinski definition) is 4. The van der Waals surface area contributed by atoms with Gasteiger partial charge in [-0.2, -0.15) is 5.43 Å². The molecule has 0 unspecified atom stereocenters. The smallest absolute Gasteiger partial charge is 0.335 e. The second-order valence-electron chi connectivity index (χ2n) is 8.05. The highest BCUT2D eigenvalue weighted by molar-refractivity contribution is 8.16. The highest BCUT2D eigenvalue weighted by Gasteiger charge is 2.31. The molecule has 0 amide bonds. The van der Waals surface area contributed by atoms with Crippen LogP contribution in [0, 0.1) is 5.82 Å². The zero-order chi connectivity index (χ0) is 26.5. The van der Waals surface area contributed by atoms with Crippen LogP contribution in [0.5, 0.6) is 5.75 Å². The number of ether oxygens (including phenoxy) is 1. The Bertz CT molecular complexity index is 1320. The van der Waals surface area contributed by atoms with Crippen LogP contribution in [0.1, 0.15) is 42.3 Å². The molecule has 36 heavy (non-hydrogen) atoms. The van der Waals surface area contributed by atoms with Gasteiger partial charge in [-0.15, -0.1) is 10.4 Å². The van der Waals surface area contributed by atoms with Gasteiger partial charge in [-0.05, 0) is 50.6 Å². The van der Waals surface area contributed by atoms with Crippen LogP contribution in [-0.4, -0.2) is 28.6 Å². The molecule has 3 rings (SSSR count). The third kappa shape index (κ3) is 6.13. The lowest BCUT2D eigenvalue weighted by Crippen LogP contribution is -2.47. The minimum absolute atomic E-state index is 0.0376. The quantitative estimate of drug-likeness (QED) is 0.178. The van der Waals surface area contributed by atoms with E-state index in [2.05, 4.69) is 5.43 Å². The maximum atomic E-state index is 15.3. The normalized spacial score (nSPS) is 11.7. The number of rotatable bonds is 9. The van der Waals surface area contributed by atoms with Crippen LogP contribution < -0.4 is 15.1 Å². The largest absolute Gasteiger partial charge is 0.494 e. The number of anilines is 1. The lowest BCUT2D eigenvalue weighted by molar-refractivity contribution is -0.272. The van der Waals surface area contributed by atoms with Gasteiger partial charge >= 0.3 is 5.97 Å². The molecule has 7 nitrogen and oxygen atoms in total. The minimum atomic E-state index is -1.89. The Labute approximate surface area is 213 Å². The lowest BCUT2D eigenvalue weighted by atomic mass is 10.1. The van der Waals surface area contributed by atoms with E-state index in [0.29, 0.717) is 10.5 Å². The summed E-state index contributed by atoms with van der Waals surface area (Å²) in [5.74, 6) is -1.73. The lowest BCUT2D eigenvalue weighted by Gasteiger charge is -2.23. The predicted octanol–water partition coefficient (Wildman–Crippen LogP) is 7.19. The van der Waals surface area contributed by atoms with Crippen molar-refractivity contribution in [2.45, 2.75) is 20.8 Å². The van der Waals surface area contributed by atoms with Gasteiger partial charge < -0.3 is 9.84 Å². The summed E-state index contributed by atoms with van der Waals surface area (Å²) in [6.07, 6.45) is 1.81. The van der Waals surface area contributed by atoms with Gasteiger partial charge in [0.25, 0.3) is 0 Å². The maximum Gasteiger partial charge on any atom is 0.335 e. The first-order chi connectivity index (χ1) is 17.1. The van der Waals surface area contributed by atoms with Crippen molar-refractivity contribution >= 4 is 38.9 Å². The minimum Gasteiger partial charge on any atom is -0.494 e. The number of nitrogens with one attached hydrogen (secondary N) is 1. The molecule has 3 aromatic carbocycles. The summed E-state index contributed by atoms with van der Waals surface area (Å²) >= 11 is 1.43. The standard InChI is InChI=1S/C27H27FN2O5S/c1-5-25(36-26(17(2)3)18-9-7-6-8-10-18)21-13-12-20(16-22(21)28)30(33,34)29-23-14-11-19(27(31)32)15-24(23)35-4/h5-16,29,33-34H,1-4H3/p+1/b25-5-. The number of quaternary nitrogens is 1. The zero-order valence-corrected chi connectivity index (χ0v) is 21.1. The third-order valence-corrected chi connectivity index (χ3v) is 6.79. The first-order valence-corrected chi connectivity index (χ1v) is 11.8. The number of methoxy groups -OCH3 is 1. The summed E-state index contributed by atoms with van der Waals surface area (Å²) in [6.45, 7) is 5.80. The molecule has 0 aromatic heterocycles. The molecule has 0 fully saturated rings. The molecule has 188 valence electrons. The van der Waals surface area contributed by atoms with Crippen molar-refractivity contribution in [3.05, 3.63) is 101 Å². The van der Waals surface area contributed by atoms with Crippen molar-refractivity contribution in [1.29, 1.82) is 0 Å². The number of thioether (sulfide) groups is 1. The van der Waals surface area contributed by atoms with Crippen molar-refractivity contribution in [3.63, 3.8) is 0 Å². The molecule has 0 aliphatic carbocycles. The monoisotopic (exact) mass is 511 g/mol. The first kappa shape index (κ1) is 27.0. The van der Waals surface area contributed by atoms with E-state index in [1.807, 2.05) is 57.2 Å². The molecule has 0 spiro atoms. The van der Waals surface area contributed by atoms with E-state index in [-0.39, 0.29) is 22.7 Å². The van der Waals surface area contributed by atoms with Crippen molar-refractivity contribution in [2.24, 2.45) is 0 Å². The second kappa shape index (κ2) is 11.4. The van der Waals surface area contributed by atoms with Crippen molar-refractivity contribution < 1.29 is 29.4 Å². The van der Waals surface area contributed by atoms with Gasteiger partial charge in [0.2, 0.25) is 5.69 Å². The predicted molar refractivity (Wildman–Crippen MR) is 141 cm³/mol. The van der Waals surface area contributed by atoms with Crippen LogP contribution in [0.2, 0.25) is 0 Å². The molecule has 9 heteroatoms. The Kier molecular flexibility index (Phi) is 8.54. The Balaban J connectivity index is 1.89. The number of nitrogens with zero attached hydrogens (tertiary/aromatic N) is 1. The highest BCUT2D eigenvalue weighted by atomic mass is 32.2. The van der Waals surface area contributed by atoms with Crippen LogP contribution in [-0.2, 0) is 0 Å². The number of hydrogen-bond acceptors (Lipinski definition) is 6. The van der Waals surface area contributed by atoms with E-state index in [1.165, 1.54) is 49.2 Å². The molecule has 3 aromatic rings. The van der Waals surface area contributed by atoms with Crippen LogP contribution in [0.4, 0.5) is 15.8 Å². The molecular weight excluding hydrogens is 483 g/mol. The van der Waals surface area contributed by atoms with Crippen LogP contribution >= 0.6 is 11.8 Å². The maximum absolute atomic E-state index is 15.3. The molecule has 4 N–H and O–H groups in total. The molecule has 0 heterocycles. The number of carboxylic acids is 1. The number of halogens is 1. The fourth-order valence-electron chi connectivity index (χ4n) is 3.47. The number of allylic oxidation sites excluding steroid dienone is 2. The van der Waals surface area contributed by atoms with Gasteiger partial charge in [0.05, 0.1) is 17.6 Å². The fourth-order valence-corrected chi connectivity index (χ4v) is 4.54. The van der Waals surface area contributed by atoms with E-state index in [1.54, 1.807) is 0 Å². The summed E-state index contributed by atoms with van der Waals surface area (Å²) in [7, 11) is 1.32. The van der Waals surface area contributed by atoms with Gasteiger partial charge in [-0.25, -0.2) is 9.18 Å². The van der Waals surface area contributed by atoms with Crippen LogP contribution in [0.25, 0.3) is 9.81 Å². The number of aromatic carboxylic acids is 1. The third-order valence-electron chi connectivity index (χ3n) is 5.27. The average Bonchev–Trinajstić information content (AvgIpc) is 2.85. The summed E-state index contributed by atoms with van der Waals surface area (Å²) < 4.78 is 20.4. The van der Waals surface area contributed by atoms with Crippen molar-refractivity contribution in [1.82, 2.24) is 4.92 Å².